The van der Waals surface area contributed by atoms with Gasteiger partial charge in [-0.2, -0.15) is 10.3 Å². The van der Waals surface area contributed by atoms with Crippen molar-refractivity contribution >= 4 is 11.7 Å². The molecule has 0 fully saturated rings. The molecule has 1 amide bonds. The summed E-state index contributed by atoms with van der Waals surface area (Å²) in [6, 6.07) is 9.53. The smallest absolute Gasteiger partial charge is 0.269 e. The second kappa shape index (κ2) is 5.44. The molecule has 1 aliphatic rings. The molecule has 1 aliphatic heterocycles. The molecule has 2 aromatic rings. The average Bonchev–Trinajstić information content (AvgIpc) is 2.53. The normalized spacial score (nSPS) is 16.9. The molecule has 1 atom stereocenters. The highest BCUT2D eigenvalue weighted by molar-refractivity contribution is 5.97. The highest BCUT2D eigenvalue weighted by Crippen LogP contribution is 2.29. The van der Waals surface area contributed by atoms with Gasteiger partial charge in [-0.25, -0.2) is 4.98 Å². The second-order valence-corrected chi connectivity index (χ2v) is 4.85. The van der Waals surface area contributed by atoms with Gasteiger partial charge in [0, 0.05) is 12.0 Å². The van der Waals surface area contributed by atoms with Crippen molar-refractivity contribution in [1.29, 1.82) is 5.26 Å². The fraction of sp³-hybridized carbons (Fsp3) is 0.133. The molecule has 7 heteroatoms. The Morgan fingerprint density at radius 3 is 2.77 bits per heavy atom. The molecule has 0 saturated heterocycles. The van der Waals surface area contributed by atoms with Crippen molar-refractivity contribution in [2.45, 2.75) is 12.5 Å². The molecule has 2 heterocycles. The molecule has 7 nitrogen and oxygen atoms in total. The number of fused-ring (bicyclic) bond motifs is 1. The van der Waals surface area contributed by atoms with Crippen LogP contribution in [-0.4, -0.2) is 22.1 Å². The topological polar surface area (TPSA) is 112 Å². The molecule has 22 heavy (non-hydrogen) atoms. The number of rotatable bonds is 2. The average molecular weight is 296 g/mol. The number of aromatic nitrogens is 1. The number of carbonyl (C=O) groups excluding carboxylic acids is 1. The van der Waals surface area contributed by atoms with Crippen LogP contribution in [0, 0.1) is 11.3 Å². The van der Waals surface area contributed by atoms with Gasteiger partial charge in [-0.1, -0.05) is 0 Å². The van der Waals surface area contributed by atoms with Gasteiger partial charge in [0.2, 0.25) is 0 Å². The summed E-state index contributed by atoms with van der Waals surface area (Å²) in [4.78, 5) is 15.6. The standard InChI is InChI=1S/C15H12N4O3/c16-7-9-1-3-11(4-2-9)22-12-5-10-6-13(17)15(20)19(21)14(10)18-8-12/h1-5,8,13,21H,6,17H2/t13-/m0/s1. The van der Waals surface area contributed by atoms with Crippen molar-refractivity contribution < 1.29 is 14.7 Å². The summed E-state index contributed by atoms with van der Waals surface area (Å²) in [5.41, 5.74) is 6.83. The Morgan fingerprint density at radius 2 is 2.09 bits per heavy atom. The zero-order valence-electron chi connectivity index (χ0n) is 11.4. The van der Waals surface area contributed by atoms with Crippen LogP contribution in [-0.2, 0) is 11.2 Å². The van der Waals surface area contributed by atoms with Gasteiger partial charge < -0.3 is 10.5 Å². The van der Waals surface area contributed by atoms with Crippen molar-refractivity contribution in [2.75, 3.05) is 5.06 Å². The van der Waals surface area contributed by atoms with Crippen LogP contribution in [0.15, 0.2) is 36.5 Å². The molecule has 3 rings (SSSR count). The number of carbonyl (C=O) groups is 1. The van der Waals surface area contributed by atoms with E-state index in [4.69, 9.17) is 15.7 Å². The summed E-state index contributed by atoms with van der Waals surface area (Å²) < 4.78 is 5.64. The first kappa shape index (κ1) is 14.0. The second-order valence-electron chi connectivity index (χ2n) is 4.85. The Hall–Kier alpha value is -2.95. The summed E-state index contributed by atoms with van der Waals surface area (Å²) in [6.45, 7) is 0. The van der Waals surface area contributed by atoms with E-state index < -0.39 is 11.9 Å². The molecule has 0 saturated carbocycles. The lowest BCUT2D eigenvalue weighted by Gasteiger charge is -2.26. The van der Waals surface area contributed by atoms with Crippen LogP contribution in [0.4, 0.5) is 5.82 Å². The summed E-state index contributed by atoms with van der Waals surface area (Å²) in [7, 11) is 0. The fourth-order valence-corrected chi connectivity index (χ4v) is 2.20. The predicted octanol–water partition coefficient (Wildman–Crippen LogP) is 1.35. The molecule has 0 unspecified atom stereocenters. The zero-order chi connectivity index (χ0) is 15.7. The third-order valence-electron chi connectivity index (χ3n) is 3.30. The molecule has 0 aliphatic carbocycles. The maximum absolute atomic E-state index is 11.6. The first-order chi connectivity index (χ1) is 10.6. The van der Waals surface area contributed by atoms with E-state index in [1.165, 1.54) is 6.20 Å². The SMILES string of the molecule is N#Cc1ccc(Oc2cnc3c(c2)C[C@H](N)C(=O)N3O)cc1. The van der Waals surface area contributed by atoms with Gasteiger partial charge in [-0.15, -0.1) is 0 Å². The van der Waals surface area contributed by atoms with E-state index >= 15 is 0 Å². The summed E-state index contributed by atoms with van der Waals surface area (Å²) in [5, 5.41) is 18.9. The summed E-state index contributed by atoms with van der Waals surface area (Å²) >= 11 is 0. The van der Waals surface area contributed by atoms with Gasteiger partial charge in [0.25, 0.3) is 5.91 Å². The van der Waals surface area contributed by atoms with Crippen molar-refractivity contribution in [3.8, 4) is 17.6 Å². The number of anilines is 1. The number of nitrogens with zero attached hydrogens (tertiary/aromatic N) is 3. The van der Waals surface area contributed by atoms with Crippen molar-refractivity contribution in [3.05, 3.63) is 47.7 Å². The Labute approximate surface area is 126 Å². The maximum Gasteiger partial charge on any atom is 0.269 e. The number of nitriles is 1. The lowest BCUT2D eigenvalue weighted by Crippen LogP contribution is -2.47. The summed E-state index contributed by atoms with van der Waals surface area (Å²) in [5.74, 6) is 0.593. The molecule has 3 N–H and O–H groups in total. The molecule has 1 aromatic carbocycles. The number of pyridine rings is 1. The van der Waals surface area contributed by atoms with Crippen molar-refractivity contribution in [1.82, 2.24) is 4.98 Å². The number of hydroxylamine groups is 1. The van der Waals surface area contributed by atoms with Gasteiger partial charge in [0.1, 0.15) is 11.5 Å². The predicted molar refractivity (Wildman–Crippen MR) is 76.4 cm³/mol. The minimum Gasteiger partial charge on any atom is -0.456 e. The zero-order valence-corrected chi connectivity index (χ0v) is 11.4. The quantitative estimate of drug-likeness (QED) is 0.809. The number of hydrogen-bond donors (Lipinski definition) is 2. The minimum absolute atomic E-state index is 0.166. The molecule has 110 valence electrons. The van der Waals surface area contributed by atoms with Crippen LogP contribution in [0.2, 0.25) is 0 Å². The third kappa shape index (κ3) is 2.48. The van der Waals surface area contributed by atoms with Gasteiger partial charge in [-0.05, 0) is 30.3 Å². The van der Waals surface area contributed by atoms with Crippen molar-refractivity contribution in [2.24, 2.45) is 5.73 Å². The Kier molecular flexibility index (Phi) is 3.47. The van der Waals surface area contributed by atoms with E-state index in [1.54, 1.807) is 30.3 Å². The van der Waals surface area contributed by atoms with Crippen LogP contribution < -0.4 is 15.5 Å². The van der Waals surface area contributed by atoms with Crippen molar-refractivity contribution in [3.63, 3.8) is 0 Å². The van der Waals surface area contributed by atoms with E-state index in [0.29, 0.717) is 27.7 Å². The number of ether oxygens (including phenoxy) is 1. The first-order valence-electron chi connectivity index (χ1n) is 6.54. The van der Waals surface area contributed by atoms with E-state index in [9.17, 15) is 10.0 Å². The summed E-state index contributed by atoms with van der Waals surface area (Å²) in [6.07, 6.45) is 1.69. The number of amides is 1. The van der Waals surface area contributed by atoms with E-state index in [0.717, 1.165) is 0 Å². The number of nitrogens with two attached hydrogens (primary N) is 1. The van der Waals surface area contributed by atoms with E-state index in [-0.39, 0.29) is 12.2 Å². The largest absolute Gasteiger partial charge is 0.456 e. The minimum atomic E-state index is -0.801. The molecular weight excluding hydrogens is 284 g/mol. The lowest BCUT2D eigenvalue weighted by atomic mass is 10.0. The highest BCUT2D eigenvalue weighted by atomic mass is 16.5. The number of benzene rings is 1. The molecule has 1 aromatic heterocycles. The maximum atomic E-state index is 11.6. The molecular formula is C15H12N4O3. The Balaban J connectivity index is 1.86. The van der Waals surface area contributed by atoms with Gasteiger partial charge >= 0.3 is 0 Å². The molecule has 0 spiro atoms. The van der Waals surface area contributed by atoms with Crippen LogP contribution in [0.1, 0.15) is 11.1 Å². The van der Waals surface area contributed by atoms with Crippen LogP contribution >= 0.6 is 0 Å². The first-order valence-corrected chi connectivity index (χ1v) is 6.54. The number of hydrogen-bond acceptors (Lipinski definition) is 6. The fourth-order valence-electron chi connectivity index (χ4n) is 2.20. The van der Waals surface area contributed by atoms with Crippen LogP contribution in [0.5, 0.6) is 11.5 Å². The van der Waals surface area contributed by atoms with Gasteiger partial charge in [0.05, 0.1) is 23.9 Å². The Bertz CT molecular complexity index is 767. The van der Waals surface area contributed by atoms with Gasteiger partial charge in [-0.3, -0.25) is 10.0 Å². The van der Waals surface area contributed by atoms with Crippen LogP contribution in [0.25, 0.3) is 0 Å². The monoisotopic (exact) mass is 296 g/mol. The lowest BCUT2D eigenvalue weighted by molar-refractivity contribution is -0.125. The van der Waals surface area contributed by atoms with E-state index in [1.807, 2.05) is 6.07 Å². The third-order valence-corrected chi connectivity index (χ3v) is 3.30. The van der Waals surface area contributed by atoms with Crippen LogP contribution in [0.3, 0.4) is 0 Å². The Morgan fingerprint density at radius 1 is 1.36 bits per heavy atom. The van der Waals surface area contributed by atoms with E-state index in [2.05, 4.69) is 4.98 Å². The molecule has 0 bridgehead atoms. The highest BCUT2D eigenvalue weighted by Gasteiger charge is 2.31. The molecule has 0 radical (unpaired) electrons. The van der Waals surface area contributed by atoms with Gasteiger partial charge in [0.15, 0.2) is 5.82 Å².